The largest absolute Gasteiger partial charge is 0.444 e. The van der Waals surface area contributed by atoms with Gasteiger partial charge in [-0.3, -0.25) is 14.8 Å². The molecule has 0 aromatic carbocycles. The Morgan fingerprint density at radius 2 is 2.16 bits per heavy atom. The molecule has 2 aliphatic rings. The van der Waals surface area contributed by atoms with E-state index < -0.39 is 0 Å². The lowest BCUT2D eigenvalue weighted by molar-refractivity contribution is 0.0817. The number of rotatable bonds is 5. The summed E-state index contributed by atoms with van der Waals surface area (Å²) in [5.74, 6) is 2.31. The summed E-state index contributed by atoms with van der Waals surface area (Å²) in [4.78, 5) is 20.8. The third-order valence-corrected chi connectivity index (χ3v) is 5.11. The van der Waals surface area contributed by atoms with Crippen LogP contribution in [0, 0.1) is 0 Å². The van der Waals surface area contributed by atoms with Gasteiger partial charge in [-0.2, -0.15) is 5.10 Å². The molecule has 1 N–H and O–H groups in total. The number of likely N-dealkylation sites (tertiary alicyclic amines) is 1. The second-order valence-electron chi connectivity index (χ2n) is 7.32. The lowest BCUT2D eigenvalue weighted by atomic mass is 9.96. The van der Waals surface area contributed by atoms with Gasteiger partial charge in [0.1, 0.15) is 5.76 Å². The van der Waals surface area contributed by atoms with Gasteiger partial charge in [-0.25, -0.2) is 4.98 Å². The van der Waals surface area contributed by atoms with Crippen molar-refractivity contribution in [1.82, 2.24) is 25.0 Å². The molecule has 1 aliphatic carbocycles. The summed E-state index contributed by atoms with van der Waals surface area (Å²) in [7, 11) is 3.54. The van der Waals surface area contributed by atoms with Crippen molar-refractivity contribution in [2.45, 2.75) is 50.6 Å². The number of hydrogen-bond donors (Lipinski definition) is 1. The smallest absolute Gasteiger partial charge is 0.256 e. The Bertz CT molecular complexity index is 746. The lowest BCUT2D eigenvalue weighted by Crippen LogP contribution is -2.34. The van der Waals surface area contributed by atoms with Gasteiger partial charge in [0.2, 0.25) is 0 Å². The lowest BCUT2D eigenvalue weighted by Gasteiger charge is -2.34. The average molecular weight is 343 g/mol. The monoisotopic (exact) mass is 343 g/mol. The first-order valence-corrected chi connectivity index (χ1v) is 9.07. The van der Waals surface area contributed by atoms with Crippen LogP contribution in [-0.4, -0.2) is 51.5 Å². The average Bonchev–Trinajstić information content (AvgIpc) is 3.16. The molecular formula is C18H25N5O2. The van der Waals surface area contributed by atoms with Gasteiger partial charge in [0.25, 0.3) is 5.91 Å². The van der Waals surface area contributed by atoms with E-state index in [4.69, 9.17) is 4.42 Å². The van der Waals surface area contributed by atoms with Gasteiger partial charge in [0, 0.05) is 20.0 Å². The number of nitrogens with zero attached hydrogens (tertiary/aromatic N) is 4. The van der Waals surface area contributed by atoms with Crippen LogP contribution < -0.4 is 0 Å². The summed E-state index contributed by atoms with van der Waals surface area (Å²) >= 11 is 0. The van der Waals surface area contributed by atoms with Crippen LogP contribution >= 0.6 is 0 Å². The van der Waals surface area contributed by atoms with Gasteiger partial charge in [-0.1, -0.05) is 6.42 Å². The van der Waals surface area contributed by atoms with Gasteiger partial charge < -0.3 is 9.32 Å². The van der Waals surface area contributed by atoms with Gasteiger partial charge in [0.15, 0.2) is 5.89 Å². The molecular weight excluding hydrogens is 318 g/mol. The highest BCUT2D eigenvalue weighted by molar-refractivity contribution is 5.94. The van der Waals surface area contributed by atoms with Crippen molar-refractivity contribution in [3.05, 3.63) is 35.3 Å². The summed E-state index contributed by atoms with van der Waals surface area (Å²) in [6, 6.07) is 0.157. The maximum atomic E-state index is 12.4. The number of H-pyrrole nitrogens is 1. The van der Waals surface area contributed by atoms with E-state index in [2.05, 4.69) is 20.1 Å². The van der Waals surface area contributed by atoms with E-state index in [0.29, 0.717) is 11.5 Å². The van der Waals surface area contributed by atoms with Crippen LogP contribution in [0.2, 0.25) is 0 Å². The fourth-order valence-corrected chi connectivity index (χ4v) is 3.58. The molecule has 1 saturated heterocycles. The molecule has 0 bridgehead atoms. The number of carbonyl (C=O) groups is 1. The molecule has 1 atom stereocenters. The van der Waals surface area contributed by atoms with Crippen molar-refractivity contribution in [2.75, 3.05) is 20.6 Å². The second-order valence-corrected chi connectivity index (χ2v) is 7.32. The van der Waals surface area contributed by atoms with Gasteiger partial charge in [-0.05, 0) is 32.2 Å². The number of aromatic nitrogens is 3. The number of piperidine rings is 1. The second kappa shape index (κ2) is 6.63. The Hall–Kier alpha value is -2.15. The highest BCUT2D eigenvalue weighted by Gasteiger charge is 2.32. The topological polar surface area (TPSA) is 78.3 Å². The van der Waals surface area contributed by atoms with Crippen LogP contribution in [0.4, 0.5) is 0 Å². The maximum Gasteiger partial charge on any atom is 0.256 e. The van der Waals surface area contributed by atoms with Gasteiger partial charge in [-0.15, -0.1) is 0 Å². The predicted octanol–water partition coefficient (Wildman–Crippen LogP) is 2.70. The quantitative estimate of drug-likeness (QED) is 0.903. The first-order chi connectivity index (χ1) is 12.1. The van der Waals surface area contributed by atoms with E-state index in [-0.39, 0.29) is 11.9 Å². The summed E-state index contributed by atoms with van der Waals surface area (Å²) in [6.07, 6.45) is 9.21. The Morgan fingerprint density at radius 1 is 1.32 bits per heavy atom. The molecule has 4 rings (SSSR count). The van der Waals surface area contributed by atoms with E-state index in [1.807, 2.05) is 6.20 Å². The number of oxazole rings is 1. The Morgan fingerprint density at radius 3 is 2.92 bits per heavy atom. The minimum Gasteiger partial charge on any atom is -0.444 e. The highest BCUT2D eigenvalue weighted by Crippen LogP contribution is 2.40. The van der Waals surface area contributed by atoms with Crippen molar-refractivity contribution in [1.29, 1.82) is 0 Å². The number of aromatic amines is 1. The van der Waals surface area contributed by atoms with Crippen molar-refractivity contribution in [2.24, 2.45) is 0 Å². The number of amides is 1. The maximum absolute atomic E-state index is 12.4. The molecule has 7 heteroatoms. The van der Waals surface area contributed by atoms with Crippen molar-refractivity contribution < 1.29 is 9.21 Å². The van der Waals surface area contributed by atoms with E-state index in [9.17, 15) is 4.79 Å². The van der Waals surface area contributed by atoms with Crippen LogP contribution in [0.1, 0.15) is 71.8 Å². The number of carbonyl (C=O) groups excluding carboxylic acids is 1. The normalized spacial score (nSPS) is 21.4. The van der Waals surface area contributed by atoms with Crippen LogP contribution in [0.3, 0.4) is 0 Å². The summed E-state index contributed by atoms with van der Waals surface area (Å²) in [5, 5.41) is 7.22. The molecule has 2 fully saturated rings. The minimum atomic E-state index is -0.00930. The first-order valence-electron chi connectivity index (χ1n) is 9.07. The number of nitrogens with one attached hydrogen (secondary N) is 1. The molecule has 134 valence electrons. The van der Waals surface area contributed by atoms with Crippen molar-refractivity contribution in [3.8, 4) is 0 Å². The van der Waals surface area contributed by atoms with Crippen molar-refractivity contribution >= 4 is 5.91 Å². The zero-order valence-electron chi connectivity index (χ0n) is 14.9. The fourth-order valence-electron chi connectivity index (χ4n) is 3.58. The van der Waals surface area contributed by atoms with Crippen LogP contribution in [0.25, 0.3) is 0 Å². The van der Waals surface area contributed by atoms with Crippen LogP contribution in [0.5, 0.6) is 0 Å². The zero-order chi connectivity index (χ0) is 17.4. The zero-order valence-corrected chi connectivity index (χ0v) is 14.9. The van der Waals surface area contributed by atoms with E-state index >= 15 is 0 Å². The Labute approximate surface area is 147 Å². The summed E-state index contributed by atoms with van der Waals surface area (Å²) in [5.41, 5.74) is 1.58. The first kappa shape index (κ1) is 16.3. The highest BCUT2D eigenvalue weighted by atomic mass is 16.4. The third kappa shape index (κ3) is 3.33. The van der Waals surface area contributed by atoms with E-state index in [1.54, 1.807) is 25.2 Å². The molecule has 1 aliphatic heterocycles. The molecule has 2 aromatic heterocycles. The molecule has 0 radical (unpaired) electrons. The fraction of sp³-hybridized carbons (Fsp3) is 0.611. The van der Waals surface area contributed by atoms with Crippen LogP contribution in [0.15, 0.2) is 16.8 Å². The Kier molecular flexibility index (Phi) is 4.33. The molecule has 25 heavy (non-hydrogen) atoms. The standard InChI is InChI=1S/C18H25N5O2/c1-22(2)18(24)14-10-20-21-16(14)15-5-3-4-8-23(15)11-13-9-19-17(25-13)12-6-7-12/h9-10,12,15H,3-8,11H2,1-2H3,(H,20,21). The molecule has 3 heterocycles. The molecule has 7 nitrogen and oxygen atoms in total. The Balaban J connectivity index is 1.54. The third-order valence-electron chi connectivity index (χ3n) is 5.11. The van der Waals surface area contributed by atoms with E-state index in [1.165, 1.54) is 12.8 Å². The predicted molar refractivity (Wildman–Crippen MR) is 92.1 cm³/mol. The molecule has 1 unspecified atom stereocenters. The van der Waals surface area contributed by atoms with Crippen LogP contribution in [-0.2, 0) is 6.54 Å². The molecule has 1 amide bonds. The van der Waals surface area contributed by atoms with Gasteiger partial charge in [0.05, 0.1) is 36.2 Å². The summed E-state index contributed by atoms with van der Waals surface area (Å²) < 4.78 is 5.94. The van der Waals surface area contributed by atoms with Crippen molar-refractivity contribution in [3.63, 3.8) is 0 Å². The van der Waals surface area contributed by atoms with Gasteiger partial charge >= 0.3 is 0 Å². The minimum absolute atomic E-state index is 0.00930. The number of hydrogen-bond acceptors (Lipinski definition) is 5. The molecule has 0 spiro atoms. The SMILES string of the molecule is CN(C)C(=O)c1cn[nH]c1C1CCCCN1Cc1cnc(C2CC2)o1. The molecule has 1 saturated carbocycles. The van der Waals surface area contributed by atoms with E-state index in [0.717, 1.165) is 49.7 Å². The molecule has 2 aromatic rings. The summed E-state index contributed by atoms with van der Waals surface area (Å²) in [6.45, 7) is 1.71.